The summed E-state index contributed by atoms with van der Waals surface area (Å²) >= 11 is 0. The molecular weight excluding hydrogens is 356 g/mol. The van der Waals surface area contributed by atoms with Gasteiger partial charge in [-0.3, -0.25) is 0 Å². The first-order valence-corrected chi connectivity index (χ1v) is 9.62. The molecule has 28 heavy (non-hydrogen) atoms. The average molecular weight is 386 g/mol. The lowest BCUT2D eigenvalue weighted by Crippen LogP contribution is -2.38. The van der Waals surface area contributed by atoms with Crippen molar-refractivity contribution in [3.63, 3.8) is 0 Å². The molecule has 7 nitrogen and oxygen atoms in total. The molecule has 0 aliphatic rings. The zero-order valence-electron chi connectivity index (χ0n) is 16.9. The van der Waals surface area contributed by atoms with Crippen molar-refractivity contribution in [2.24, 2.45) is 4.99 Å². The third-order valence-electron chi connectivity index (χ3n) is 3.74. The molecule has 1 aromatic carbocycles. The number of pyridine rings is 1. The number of hydrogen-bond acceptors (Lipinski definition) is 5. The van der Waals surface area contributed by atoms with Gasteiger partial charge in [0.05, 0.1) is 13.2 Å². The number of nitrogens with one attached hydrogen (secondary N) is 2. The summed E-state index contributed by atoms with van der Waals surface area (Å²) in [5.41, 5.74) is 1.02. The Kier molecular flexibility index (Phi) is 9.65. The van der Waals surface area contributed by atoms with Crippen LogP contribution < -0.4 is 20.1 Å². The molecule has 0 aliphatic carbocycles. The maximum absolute atomic E-state index is 5.84. The summed E-state index contributed by atoms with van der Waals surface area (Å²) in [7, 11) is 1.70. The molecule has 152 valence electrons. The van der Waals surface area contributed by atoms with E-state index in [0.29, 0.717) is 24.8 Å². The van der Waals surface area contributed by atoms with Gasteiger partial charge < -0.3 is 24.8 Å². The molecule has 2 rings (SSSR count). The Bertz CT molecular complexity index is 720. The molecule has 0 fully saturated rings. The van der Waals surface area contributed by atoms with Gasteiger partial charge in [0.25, 0.3) is 0 Å². The van der Waals surface area contributed by atoms with E-state index < -0.39 is 0 Å². The second-order valence-electron chi connectivity index (χ2n) is 5.98. The topological polar surface area (TPSA) is 77.0 Å². The van der Waals surface area contributed by atoms with Gasteiger partial charge >= 0.3 is 0 Å². The van der Waals surface area contributed by atoms with E-state index >= 15 is 0 Å². The van der Waals surface area contributed by atoms with Crippen molar-refractivity contribution in [3.05, 3.63) is 48.2 Å². The fraction of sp³-hybridized carbons (Fsp3) is 0.429. The third-order valence-corrected chi connectivity index (χ3v) is 3.74. The predicted molar refractivity (Wildman–Crippen MR) is 111 cm³/mol. The third kappa shape index (κ3) is 7.84. The van der Waals surface area contributed by atoms with Crippen LogP contribution in [0.2, 0.25) is 0 Å². The van der Waals surface area contributed by atoms with E-state index in [1.165, 1.54) is 0 Å². The maximum atomic E-state index is 5.84. The molecule has 0 amide bonds. The molecule has 0 saturated carbocycles. The molecule has 2 N–H and O–H groups in total. The van der Waals surface area contributed by atoms with Gasteiger partial charge in [0, 0.05) is 39.1 Å². The lowest BCUT2D eigenvalue weighted by Gasteiger charge is -2.11. The van der Waals surface area contributed by atoms with Crippen molar-refractivity contribution in [1.29, 1.82) is 0 Å². The summed E-state index contributed by atoms with van der Waals surface area (Å²) in [6, 6.07) is 11.3. The number of aromatic nitrogens is 1. The number of nitrogens with zero attached hydrogens (tertiary/aromatic N) is 2. The van der Waals surface area contributed by atoms with Crippen molar-refractivity contribution in [2.75, 3.05) is 33.4 Å². The van der Waals surface area contributed by atoms with Crippen LogP contribution in [0.5, 0.6) is 17.4 Å². The van der Waals surface area contributed by atoms with Crippen molar-refractivity contribution in [1.82, 2.24) is 15.6 Å². The van der Waals surface area contributed by atoms with Gasteiger partial charge in [0.1, 0.15) is 11.5 Å². The summed E-state index contributed by atoms with van der Waals surface area (Å²) in [6.45, 7) is 7.51. The number of benzene rings is 1. The van der Waals surface area contributed by atoms with E-state index in [1.807, 2.05) is 50.2 Å². The zero-order chi connectivity index (χ0) is 20.0. The number of aliphatic imine (C=N–C) groups is 1. The molecule has 0 atom stereocenters. The Morgan fingerprint density at radius 3 is 2.57 bits per heavy atom. The quantitative estimate of drug-likeness (QED) is 0.350. The Balaban J connectivity index is 1.95. The minimum atomic E-state index is 0.530. The highest BCUT2D eigenvalue weighted by Crippen LogP contribution is 2.23. The van der Waals surface area contributed by atoms with Gasteiger partial charge in [-0.2, -0.15) is 0 Å². The molecule has 0 radical (unpaired) electrons. The number of ether oxygens (including phenoxy) is 3. The van der Waals surface area contributed by atoms with Crippen LogP contribution >= 0.6 is 0 Å². The molecule has 1 heterocycles. The normalized spacial score (nSPS) is 11.2. The molecule has 0 bridgehead atoms. The van der Waals surface area contributed by atoms with E-state index in [9.17, 15) is 0 Å². The Morgan fingerprint density at radius 2 is 1.86 bits per heavy atom. The number of guanidine groups is 1. The maximum Gasteiger partial charge on any atom is 0.219 e. The second-order valence-corrected chi connectivity index (χ2v) is 5.98. The summed E-state index contributed by atoms with van der Waals surface area (Å²) in [5.74, 6) is 2.85. The Hall–Kier alpha value is -2.80. The lowest BCUT2D eigenvalue weighted by atomic mass is 10.2. The fourth-order valence-electron chi connectivity index (χ4n) is 2.43. The van der Waals surface area contributed by atoms with Crippen molar-refractivity contribution in [2.45, 2.75) is 26.8 Å². The minimum absolute atomic E-state index is 0.530. The molecule has 0 spiro atoms. The van der Waals surface area contributed by atoms with Crippen LogP contribution in [-0.2, 0) is 11.3 Å². The van der Waals surface area contributed by atoms with E-state index in [2.05, 4.69) is 20.6 Å². The van der Waals surface area contributed by atoms with Gasteiger partial charge in [0.2, 0.25) is 5.88 Å². The monoisotopic (exact) mass is 386 g/mol. The first kappa shape index (κ1) is 21.5. The van der Waals surface area contributed by atoms with Crippen LogP contribution in [0.15, 0.2) is 47.6 Å². The molecule has 2 aromatic rings. The SMILES string of the molecule is CCNC(=NCc1ccnc(Oc2ccc(OCC)cc2)c1)NCCCOC. The van der Waals surface area contributed by atoms with Crippen LogP contribution in [-0.4, -0.2) is 44.4 Å². The smallest absolute Gasteiger partial charge is 0.219 e. The van der Waals surface area contributed by atoms with Gasteiger partial charge in [0.15, 0.2) is 5.96 Å². The van der Waals surface area contributed by atoms with Gasteiger partial charge in [-0.25, -0.2) is 9.98 Å². The van der Waals surface area contributed by atoms with Crippen LogP contribution in [0, 0.1) is 0 Å². The molecular formula is C21H30N4O3. The minimum Gasteiger partial charge on any atom is -0.494 e. The second kappa shape index (κ2) is 12.6. The van der Waals surface area contributed by atoms with E-state index in [0.717, 1.165) is 43.4 Å². The zero-order valence-corrected chi connectivity index (χ0v) is 16.9. The molecule has 0 unspecified atom stereocenters. The summed E-state index contributed by atoms with van der Waals surface area (Å²) in [4.78, 5) is 8.90. The molecule has 0 aliphatic heterocycles. The predicted octanol–water partition coefficient (Wildman–Crippen LogP) is 3.36. The number of rotatable bonds is 11. The van der Waals surface area contributed by atoms with Crippen LogP contribution in [0.3, 0.4) is 0 Å². The van der Waals surface area contributed by atoms with Crippen LogP contribution in [0.4, 0.5) is 0 Å². The molecule has 1 aromatic heterocycles. The largest absolute Gasteiger partial charge is 0.494 e. The molecule has 0 saturated heterocycles. The first-order chi connectivity index (χ1) is 13.7. The van der Waals surface area contributed by atoms with Gasteiger partial charge in [-0.05, 0) is 56.2 Å². The van der Waals surface area contributed by atoms with Crippen LogP contribution in [0.1, 0.15) is 25.8 Å². The summed E-state index contributed by atoms with van der Waals surface area (Å²) in [6.07, 6.45) is 2.66. The average Bonchev–Trinajstić information content (AvgIpc) is 2.71. The highest BCUT2D eigenvalue weighted by Gasteiger charge is 2.03. The van der Waals surface area contributed by atoms with Crippen LogP contribution in [0.25, 0.3) is 0 Å². The standard InChI is InChI=1S/C21H30N4O3/c1-4-22-21(24-12-6-14-26-3)25-16-17-11-13-23-20(15-17)28-19-9-7-18(8-10-19)27-5-2/h7-11,13,15H,4-6,12,14,16H2,1-3H3,(H2,22,24,25). The Morgan fingerprint density at radius 1 is 1.07 bits per heavy atom. The molecule has 7 heteroatoms. The highest BCUT2D eigenvalue weighted by molar-refractivity contribution is 5.79. The number of hydrogen-bond donors (Lipinski definition) is 2. The van der Waals surface area contributed by atoms with E-state index in [4.69, 9.17) is 14.2 Å². The highest BCUT2D eigenvalue weighted by atomic mass is 16.5. The van der Waals surface area contributed by atoms with Crippen molar-refractivity contribution in [3.8, 4) is 17.4 Å². The van der Waals surface area contributed by atoms with E-state index in [-0.39, 0.29) is 0 Å². The lowest BCUT2D eigenvalue weighted by molar-refractivity contribution is 0.195. The fourth-order valence-corrected chi connectivity index (χ4v) is 2.43. The summed E-state index contributed by atoms with van der Waals surface area (Å²) < 4.78 is 16.3. The first-order valence-electron chi connectivity index (χ1n) is 9.62. The van der Waals surface area contributed by atoms with E-state index in [1.54, 1.807) is 13.3 Å². The van der Waals surface area contributed by atoms with Crippen molar-refractivity contribution < 1.29 is 14.2 Å². The Labute approximate surface area is 167 Å². The van der Waals surface area contributed by atoms with Gasteiger partial charge in [-0.1, -0.05) is 0 Å². The van der Waals surface area contributed by atoms with Gasteiger partial charge in [-0.15, -0.1) is 0 Å². The number of methoxy groups -OCH3 is 1. The van der Waals surface area contributed by atoms with Crippen molar-refractivity contribution >= 4 is 5.96 Å². The summed E-state index contributed by atoms with van der Waals surface area (Å²) in [5, 5.41) is 6.54.